The summed E-state index contributed by atoms with van der Waals surface area (Å²) in [5.74, 6) is 0.280. The Balaban J connectivity index is 0. The lowest BCUT2D eigenvalue weighted by atomic mass is 10.2. The van der Waals surface area contributed by atoms with Crippen molar-refractivity contribution in [1.82, 2.24) is 4.90 Å². The number of ketones is 1. The fourth-order valence-corrected chi connectivity index (χ4v) is 1.20. The summed E-state index contributed by atoms with van der Waals surface area (Å²) in [5, 5.41) is 0. The van der Waals surface area contributed by atoms with Crippen molar-refractivity contribution in [3.05, 3.63) is 0 Å². The summed E-state index contributed by atoms with van der Waals surface area (Å²) < 4.78 is 4.99. The number of carbonyl (C=O) groups excluding carboxylic acids is 1. The van der Waals surface area contributed by atoms with E-state index in [1.165, 1.54) is 0 Å². The quantitative estimate of drug-likeness (QED) is 0.625. The third kappa shape index (κ3) is 13.6. The van der Waals surface area contributed by atoms with Gasteiger partial charge in [-0.3, -0.25) is 0 Å². The van der Waals surface area contributed by atoms with Crippen molar-refractivity contribution in [2.24, 2.45) is 0 Å². The molecule has 0 unspecified atom stereocenters. The van der Waals surface area contributed by atoms with Crippen LogP contribution < -0.4 is 0 Å². The third-order valence-corrected chi connectivity index (χ3v) is 2.06. The zero-order valence-corrected chi connectivity index (χ0v) is 11.0. The van der Waals surface area contributed by atoms with Crippen LogP contribution in [0.1, 0.15) is 40.5 Å². The highest BCUT2D eigenvalue weighted by molar-refractivity contribution is 5.75. The van der Waals surface area contributed by atoms with Gasteiger partial charge in [0.05, 0.1) is 6.61 Å². The Morgan fingerprint density at radius 2 is 1.87 bits per heavy atom. The van der Waals surface area contributed by atoms with Gasteiger partial charge < -0.3 is 14.4 Å². The first-order valence-corrected chi connectivity index (χ1v) is 5.91. The molecular weight excluding hydrogens is 190 g/mol. The van der Waals surface area contributed by atoms with Crippen molar-refractivity contribution in [2.45, 2.75) is 40.5 Å². The van der Waals surface area contributed by atoms with Gasteiger partial charge in [0.25, 0.3) is 0 Å². The normalized spacial score (nSPS) is 9.73. The number of methoxy groups -OCH3 is 1. The lowest BCUT2D eigenvalue weighted by Gasteiger charge is -2.19. The first-order chi connectivity index (χ1) is 7.20. The maximum absolute atomic E-state index is 10.7. The number of nitrogens with zero attached hydrogens (tertiary/aromatic N) is 1. The lowest BCUT2D eigenvalue weighted by Crippen LogP contribution is -2.28. The summed E-state index contributed by atoms with van der Waals surface area (Å²) in [7, 11) is 1.71. The van der Waals surface area contributed by atoms with Gasteiger partial charge in [-0.25, -0.2) is 0 Å². The van der Waals surface area contributed by atoms with Crippen LogP contribution in [0.3, 0.4) is 0 Å². The molecule has 0 atom stereocenters. The molecule has 0 amide bonds. The monoisotopic (exact) mass is 217 g/mol. The molecule has 15 heavy (non-hydrogen) atoms. The van der Waals surface area contributed by atoms with Gasteiger partial charge in [-0.1, -0.05) is 20.8 Å². The van der Waals surface area contributed by atoms with Gasteiger partial charge in [0.15, 0.2) is 0 Å². The Labute approximate surface area is 94.8 Å². The van der Waals surface area contributed by atoms with E-state index in [4.69, 9.17) is 4.74 Å². The van der Waals surface area contributed by atoms with Crippen LogP contribution in [0.15, 0.2) is 0 Å². The molecule has 0 radical (unpaired) electrons. The molecule has 0 aromatic rings. The Kier molecular flexibility index (Phi) is 15.4. The highest BCUT2D eigenvalue weighted by Gasteiger charge is 2.01. The molecule has 0 aliphatic carbocycles. The summed E-state index contributed by atoms with van der Waals surface area (Å²) in [6.07, 6.45) is 1.66. The summed E-state index contributed by atoms with van der Waals surface area (Å²) in [4.78, 5) is 13.0. The van der Waals surface area contributed by atoms with E-state index in [1.54, 1.807) is 14.0 Å². The van der Waals surface area contributed by atoms with E-state index in [2.05, 4.69) is 11.8 Å². The van der Waals surface area contributed by atoms with Crippen LogP contribution in [-0.2, 0) is 9.53 Å². The number of carbonyl (C=O) groups is 1. The maximum Gasteiger partial charge on any atom is 0.129 e. The Morgan fingerprint density at radius 1 is 1.27 bits per heavy atom. The van der Waals surface area contributed by atoms with Crippen LogP contribution in [0.5, 0.6) is 0 Å². The molecular formula is C12H27NO2. The number of ether oxygens (including phenoxy) is 1. The molecule has 0 spiro atoms. The van der Waals surface area contributed by atoms with Crippen LogP contribution in [0.2, 0.25) is 0 Å². The zero-order valence-electron chi connectivity index (χ0n) is 11.0. The van der Waals surface area contributed by atoms with Gasteiger partial charge in [-0.05, 0) is 26.4 Å². The third-order valence-electron chi connectivity index (χ3n) is 2.06. The fraction of sp³-hybridized carbons (Fsp3) is 0.917. The molecule has 0 bridgehead atoms. The van der Waals surface area contributed by atoms with E-state index in [0.29, 0.717) is 6.42 Å². The number of hydrogen-bond donors (Lipinski definition) is 0. The largest absolute Gasteiger partial charge is 0.383 e. The van der Waals surface area contributed by atoms with Crippen LogP contribution >= 0.6 is 0 Å². The van der Waals surface area contributed by atoms with Gasteiger partial charge in [0.1, 0.15) is 5.78 Å². The second-order valence-corrected chi connectivity index (χ2v) is 3.23. The van der Waals surface area contributed by atoms with Crippen molar-refractivity contribution in [1.29, 1.82) is 0 Å². The van der Waals surface area contributed by atoms with Crippen molar-refractivity contribution >= 4 is 5.78 Å². The number of hydrogen-bond acceptors (Lipinski definition) is 3. The molecule has 0 saturated carbocycles. The molecule has 0 aliphatic heterocycles. The topological polar surface area (TPSA) is 29.5 Å². The van der Waals surface area contributed by atoms with Gasteiger partial charge in [-0.2, -0.15) is 0 Å². The SMILES string of the molecule is CC.CCN(CCCC(C)=O)CCOC. The summed E-state index contributed by atoms with van der Waals surface area (Å²) in [6, 6.07) is 0. The van der Waals surface area contributed by atoms with Gasteiger partial charge in [0.2, 0.25) is 0 Å². The van der Waals surface area contributed by atoms with Gasteiger partial charge >= 0.3 is 0 Å². The smallest absolute Gasteiger partial charge is 0.129 e. The minimum atomic E-state index is 0.280. The molecule has 0 saturated heterocycles. The van der Waals surface area contributed by atoms with E-state index >= 15 is 0 Å². The van der Waals surface area contributed by atoms with Crippen molar-refractivity contribution in [3.63, 3.8) is 0 Å². The first-order valence-electron chi connectivity index (χ1n) is 5.91. The molecule has 0 N–H and O–H groups in total. The predicted molar refractivity (Wildman–Crippen MR) is 65.3 cm³/mol. The molecule has 0 aliphatic rings. The second kappa shape index (κ2) is 13.6. The zero-order chi connectivity index (χ0) is 12.1. The molecule has 92 valence electrons. The van der Waals surface area contributed by atoms with E-state index in [0.717, 1.165) is 32.7 Å². The Hall–Kier alpha value is -0.410. The van der Waals surface area contributed by atoms with Crippen molar-refractivity contribution in [2.75, 3.05) is 33.4 Å². The van der Waals surface area contributed by atoms with E-state index < -0.39 is 0 Å². The van der Waals surface area contributed by atoms with E-state index in [-0.39, 0.29) is 5.78 Å². The molecule has 0 aromatic carbocycles. The van der Waals surface area contributed by atoms with Gasteiger partial charge in [-0.15, -0.1) is 0 Å². The fourth-order valence-electron chi connectivity index (χ4n) is 1.20. The summed E-state index contributed by atoms with van der Waals surface area (Å²) in [5.41, 5.74) is 0. The predicted octanol–water partition coefficient (Wildman–Crippen LogP) is 2.35. The average Bonchev–Trinajstić information content (AvgIpc) is 2.25. The molecule has 0 fully saturated rings. The minimum Gasteiger partial charge on any atom is -0.383 e. The molecule has 0 aromatic heterocycles. The number of rotatable bonds is 8. The van der Waals surface area contributed by atoms with E-state index in [9.17, 15) is 4.79 Å². The van der Waals surface area contributed by atoms with Crippen LogP contribution in [0, 0.1) is 0 Å². The van der Waals surface area contributed by atoms with Crippen molar-refractivity contribution < 1.29 is 9.53 Å². The van der Waals surface area contributed by atoms with Crippen molar-refractivity contribution in [3.8, 4) is 0 Å². The molecule has 3 nitrogen and oxygen atoms in total. The lowest BCUT2D eigenvalue weighted by molar-refractivity contribution is -0.117. The maximum atomic E-state index is 10.7. The van der Waals surface area contributed by atoms with Crippen LogP contribution in [0.25, 0.3) is 0 Å². The number of likely N-dealkylation sites (N-methyl/N-ethyl adjacent to an activating group) is 1. The van der Waals surface area contributed by atoms with E-state index in [1.807, 2.05) is 13.8 Å². The standard InChI is InChI=1S/C10H21NO2.C2H6/c1-4-11(8-9-13-3)7-5-6-10(2)12;1-2/h4-9H2,1-3H3;1-2H3. The number of Topliss-reactive ketones (excluding diaryl/α,β-unsaturated/α-hetero) is 1. The highest BCUT2D eigenvalue weighted by atomic mass is 16.5. The molecule has 3 heteroatoms. The Morgan fingerprint density at radius 3 is 2.27 bits per heavy atom. The second-order valence-electron chi connectivity index (χ2n) is 3.23. The van der Waals surface area contributed by atoms with Gasteiger partial charge in [0, 0.05) is 20.1 Å². The van der Waals surface area contributed by atoms with Crippen LogP contribution in [0.4, 0.5) is 0 Å². The summed E-state index contributed by atoms with van der Waals surface area (Å²) in [6.45, 7) is 11.5. The molecule has 0 heterocycles. The first kappa shape index (κ1) is 17.0. The highest BCUT2D eigenvalue weighted by Crippen LogP contribution is 1.95. The minimum absolute atomic E-state index is 0.280. The average molecular weight is 217 g/mol. The Bertz CT molecular complexity index is 138. The molecule has 0 rings (SSSR count). The summed E-state index contributed by atoms with van der Waals surface area (Å²) >= 11 is 0. The van der Waals surface area contributed by atoms with Crippen LogP contribution in [-0.4, -0.2) is 44.0 Å².